The molecule has 3 nitrogen and oxygen atoms in total. The standard InChI is InChI=1S/C12H13ClFNO2/c13-9-4-3-8(5-10(9)14)11(12(16)17)15-6-7-1-2-7/h3-5,7,11,15H,1-2,6H2,(H,16,17). The first kappa shape index (κ1) is 12.3. The van der Waals surface area contributed by atoms with Crippen molar-refractivity contribution in [2.45, 2.75) is 18.9 Å². The molecule has 1 aromatic rings. The number of aliphatic carboxylic acids is 1. The molecule has 2 rings (SSSR count). The van der Waals surface area contributed by atoms with E-state index in [2.05, 4.69) is 5.32 Å². The van der Waals surface area contributed by atoms with Crippen molar-refractivity contribution >= 4 is 17.6 Å². The van der Waals surface area contributed by atoms with E-state index in [4.69, 9.17) is 16.7 Å². The first-order valence-corrected chi connectivity index (χ1v) is 5.87. The average molecular weight is 258 g/mol. The maximum Gasteiger partial charge on any atom is 0.325 e. The van der Waals surface area contributed by atoms with Crippen LogP contribution in [0, 0.1) is 11.7 Å². The van der Waals surface area contributed by atoms with Crippen LogP contribution in [0.25, 0.3) is 0 Å². The number of hydrogen-bond donors (Lipinski definition) is 2. The summed E-state index contributed by atoms with van der Waals surface area (Å²) in [5.74, 6) is -1.04. The SMILES string of the molecule is O=C(O)C(NCC1CC1)c1ccc(Cl)c(F)c1. The van der Waals surface area contributed by atoms with Crippen molar-refractivity contribution in [2.75, 3.05) is 6.54 Å². The molecule has 1 aliphatic carbocycles. The number of carboxylic acids is 1. The van der Waals surface area contributed by atoms with Gasteiger partial charge in [-0.25, -0.2) is 4.39 Å². The summed E-state index contributed by atoms with van der Waals surface area (Å²) in [5.41, 5.74) is 0.389. The molecule has 0 saturated heterocycles. The molecule has 1 saturated carbocycles. The van der Waals surface area contributed by atoms with E-state index < -0.39 is 17.8 Å². The van der Waals surface area contributed by atoms with Gasteiger partial charge in [0.25, 0.3) is 0 Å². The second kappa shape index (κ2) is 5.02. The zero-order valence-corrected chi connectivity index (χ0v) is 9.88. The summed E-state index contributed by atoms with van der Waals surface area (Å²) >= 11 is 5.56. The lowest BCUT2D eigenvalue weighted by Crippen LogP contribution is -2.30. The van der Waals surface area contributed by atoms with E-state index in [1.807, 2.05) is 0 Å². The van der Waals surface area contributed by atoms with E-state index in [0.29, 0.717) is 18.0 Å². The van der Waals surface area contributed by atoms with Gasteiger partial charge in [-0.1, -0.05) is 17.7 Å². The minimum atomic E-state index is -1.01. The van der Waals surface area contributed by atoms with Crippen LogP contribution in [0.5, 0.6) is 0 Å². The maximum atomic E-state index is 13.3. The Kier molecular flexibility index (Phi) is 3.64. The Morgan fingerprint density at radius 1 is 1.59 bits per heavy atom. The van der Waals surface area contributed by atoms with Crippen molar-refractivity contribution in [1.29, 1.82) is 0 Å². The molecule has 1 fully saturated rings. The topological polar surface area (TPSA) is 49.3 Å². The number of rotatable bonds is 5. The summed E-state index contributed by atoms with van der Waals surface area (Å²) in [5, 5.41) is 12.0. The number of benzene rings is 1. The highest BCUT2D eigenvalue weighted by Crippen LogP contribution is 2.29. The Bertz CT molecular complexity index is 435. The Morgan fingerprint density at radius 3 is 2.82 bits per heavy atom. The normalized spacial score (nSPS) is 16.8. The molecule has 0 amide bonds. The van der Waals surface area contributed by atoms with Gasteiger partial charge in [0.2, 0.25) is 0 Å². The van der Waals surface area contributed by atoms with Gasteiger partial charge in [0.05, 0.1) is 5.02 Å². The largest absolute Gasteiger partial charge is 0.480 e. The van der Waals surface area contributed by atoms with Crippen LogP contribution in [-0.4, -0.2) is 17.6 Å². The number of carboxylic acid groups (broad SMARTS) is 1. The van der Waals surface area contributed by atoms with E-state index in [9.17, 15) is 9.18 Å². The highest BCUT2D eigenvalue weighted by Gasteiger charge is 2.26. The van der Waals surface area contributed by atoms with Crippen LogP contribution in [0.1, 0.15) is 24.4 Å². The molecule has 92 valence electrons. The molecule has 1 aliphatic rings. The van der Waals surface area contributed by atoms with Crippen molar-refractivity contribution in [3.05, 3.63) is 34.6 Å². The summed E-state index contributed by atoms with van der Waals surface area (Å²) in [4.78, 5) is 11.1. The van der Waals surface area contributed by atoms with Crippen LogP contribution < -0.4 is 5.32 Å². The summed E-state index contributed by atoms with van der Waals surface area (Å²) in [6.45, 7) is 0.654. The van der Waals surface area contributed by atoms with Crippen LogP contribution >= 0.6 is 11.6 Å². The second-order valence-electron chi connectivity index (χ2n) is 4.30. The quantitative estimate of drug-likeness (QED) is 0.853. The molecule has 0 heterocycles. The number of hydrogen-bond acceptors (Lipinski definition) is 2. The highest BCUT2D eigenvalue weighted by molar-refractivity contribution is 6.30. The fraction of sp³-hybridized carbons (Fsp3) is 0.417. The van der Waals surface area contributed by atoms with Crippen LogP contribution in [0.2, 0.25) is 5.02 Å². The summed E-state index contributed by atoms with van der Waals surface area (Å²) in [6, 6.07) is 3.20. The molecule has 5 heteroatoms. The van der Waals surface area contributed by atoms with E-state index in [-0.39, 0.29) is 5.02 Å². The van der Waals surface area contributed by atoms with E-state index >= 15 is 0 Å². The second-order valence-corrected chi connectivity index (χ2v) is 4.70. The Hall–Kier alpha value is -1.13. The van der Waals surface area contributed by atoms with Gasteiger partial charge in [-0.15, -0.1) is 0 Å². The van der Waals surface area contributed by atoms with Crippen LogP contribution in [-0.2, 0) is 4.79 Å². The number of carbonyl (C=O) groups is 1. The fourth-order valence-electron chi connectivity index (χ4n) is 1.65. The van der Waals surface area contributed by atoms with Crippen LogP contribution in [0.15, 0.2) is 18.2 Å². The third kappa shape index (κ3) is 3.17. The van der Waals surface area contributed by atoms with Gasteiger partial charge in [0.1, 0.15) is 11.9 Å². The van der Waals surface area contributed by atoms with Gasteiger partial charge in [-0.05, 0) is 43.0 Å². The minimum absolute atomic E-state index is 0.0000756. The molecule has 0 aromatic heterocycles. The minimum Gasteiger partial charge on any atom is -0.480 e. The zero-order valence-electron chi connectivity index (χ0n) is 9.12. The van der Waals surface area contributed by atoms with E-state index in [0.717, 1.165) is 12.8 Å². The smallest absolute Gasteiger partial charge is 0.325 e. The van der Waals surface area contributed by atoms with Gasteiger partial charge in [0.15, 0.2) is 0 Å². The molecule has 0 bridgehead atoms. The van der Waals surface area contributed by atoms with E-state index in [1.54, 1.807) is 0 Å². The molecule has 2 N–H and O–H groups in total. The lowest BCUT2D eigenvalue weighted by atomic mass is 10.1. The monoisotopic (exact) mass is 257 g/mol. The van der Waals surface area contributed by atoms with Crippen molar-refractivity contribution in [2.24, 2.45) is 5.92 Å². The Labute approximate surface area is 104 Å². The first-order valence-electron chi connectivity index (χ1n) is 5.49. The summed E-state index contributed by atoms with van der Waals surface area (Å²) in [6.07, 6.45) is 2.27. The van der Waals surface area contributed by atoms with Crippen molar-refractivity contribution in [3.8, 4) is 0 Å². The molecular weight excluding hydrogens is 245 g/mol. The van der Waals surface area contributed by atoms with Crippen LogP contribution in [0.4, 0.5) is 4.39 Å². The molecule has 1 aromatic carbocycles. The highest BCUT2D eigenvalue weighted by atomic mass is 35.5. The maximum absolute atomic E-state index is 13.3. The molecule has 0 spiro atoms. The van der Waals surface area contributed by atoms with Crippen LogP contribution in [0.3, 0.4) is 0 Å². The zero-order chi connectivity index (χ0) is 12.4. The van der Waals surface area contributed by atoms with Gasteiger partial charge in [0, 0.05) is 0 Å². The van der Waals surface area contributed by atoms with E-state index in [1.165, 1.54) is 18.2 Å². The lowest BCUT2D eigenvalue weighted by molar-refractivity contribution is -0.139. The van der Waals surface area contributed by atoms with Crippen molar-refractivity contribution in [1.82, 2.24) is 5.32 Å². The molecule has 1 unspecified atom stereocenters. The average Bonchev–Trinajstić information content (AvgIpc) is 3.07. The predicted octanol–water partition coefficient (Wildman–Crippen LogP) is 2.60. The molecule has 0 aliphatic heterocycles. The number of nitrogens with one attached hydrogen (secondary N) is 1. The first-order chi connectivity index (χ1) is 8.08. The third-order valence-corrected chi connectivity index (χ3v) is 3.14. The lowest BCUT2D eigenvalue weighted by Gasteiger charge is -2.14. The van der Waals surface area contributed by atoms with Gasteiger partial charge >= 0.3 is 5.97 Å². The molecule has 17 heavy (non-hydrogen) atoms. The van der Waals surface area contributed by atoms with Gasteiger partial charge < -0.3 is 10.4 Å². The van der Waals surface area contributed by atoms with Crippen molar-refractivity contribution < 1.29 is 14.3 Å². The molecular formula is C12H13ClFNO2. The summed E-state index contributed by atoms with van der Waals surface area (Å²) < 4.78 is 13.3. The predicted molar refractivity (Wildman–Crippen MR) is 62.5 cm³/mol. The third-order valence-electron chi connectivity index (χ3n) is 2.83. The fourth-order valence-corrected chi connectivity index (χ4v) is 1.76. The van der Waals surface area contributed by atoms with Crippen molar-refractivity contribution in [3.63, 3.8) is 0 Å². The Balaban J connectivity index is 2.12. The Morgan fingerprint density at radius 2 is 2.29 bits per heavy atom. The van der Waals surface area contributed by atoms with Gasteiger partial charge in [-0.2, -0.15) is 0 Å². The molecule has 1 atom stereocenters. The summed E-state index contributed by atoms with van der Waals surface area (Å²) in [7, 11) is 0. The van der Waals surface area contributed by atoms with Gasteiger partial charge in [-0.3, -0.25) is 4.79 Å². The number of halogens is 2. The molecule has 0 radical (unpaired) electrons.